The molecule has 0 saturated carbocycles. The Morgan fingerprint density at radius 2 is 2.31 bits per heavy atom. The first-order valence-corrected chi connectivity index (χ1v) is 5.75. The van der Waals surface area contributed by atoms with Gasteiger partial charge in [0.25, 0.3) is 0 Å². The van der Waals surface area contributed by atoms with E-state index in [2.05, 4.69) is 13.8 Å². The molecule has 1 rings (SSSR count). The third-order valence-corrected chi connectivity index (χ3v) is 2.96. The molecule has 1 heterocycles. The largest absolute Gasteiger partial charge is 0.394 e. The van der Waals surface area contributed by atoms with Gasteiger partial charge in [-0.3, -0.25) is 9.69 Å². The summed E-state index contributed by atoms with van der Waals surface area (Å²) >= 11 is 0. The summed E-state index contributed by atoms with van der Waals surface area (Å²) in [4.78, 5) is 15.7. The predicted octanol–water partition coefficient (Wildman–Crippen LogP) is -0.454. The lowest BCUT2D eigenvalue weighted by Crippen LogP contribution is -2.50. The minimum atomic E-state index is -0.220. The average Bonchev–Trinajstić information content (AvgIpc) is 2.28. The molecule has 0 aromatic carbocycles. The first-order chi connectivity index (χ1) is 7.54. The van der Waals surface area contributed by atoms with E-state index in [1.54, 1.807) is 4.90 Å². The molecular formula is C11H22N2O3. The van der Waals surface area contributed by atoms with Gasteiger partial charge < -0.3 is 14.7 Å². The molecule has 1 amide bonds. The number of morpholine rings is 1. The fourth-order valence-corrected chi connectivity index (χ4v) is 1.55. The number of rotatable bonds is 4. The van der Waals surface area contributed by atoms with Crippen LogP contribution in [-0.4, -0.2) is 72.9 Å². The number of ether oxygens (including phenoxy) is 1. The van der Waals surface area contributed by atoms with Gasteiger partial charge in [0.05, 0.1) is 25.9 Å². The molecule has 5 heteroatoms. The zero-order valence-electron chi connectivity index (χ0n) is 10.3. The Hall–Kier alpha value is -0.650. The fourth-order valence-electron chi connectivity index (χ4n) is 1.55. The van der Waals surface area contributed by atoms with Gasteiger partial charge >= 0.3 is 0 Å². The highest BCUT2D eigenvalue weighted by Crippen LogP contribution is 2.06. The standard InChI is InChI=1S/C11H22N2O3/c1-9(2)12(3)7-11(15)13-4-5-16-10(6-13)8-14/h9-10,14H,4-8H2,1-3H3/t10-/m1/s1. The monoisotopic (exact) mass is 230 g/mol. The van der Waals surface area contributed by atoms with Gasteiger partial charge in [-0.25, -0.2) is 0 Å². The molecule has 1 fully saturated rings. The molecule has 94 valence electrons. The molecule has 1 N–H and O–H groups in total. The highest BCUT2D eigenvalue weighted by molar-refractivity contribution is 5.78. The lowest BCUT2D eigenvalue weighted by molar-refractivity contribution is -0.141. The van der Waals surface area contributed by atoms with Crippen LogP contribution >= 0.6 is 0 Å². The van der Waals surface area contributed by atoms with Gasteiger partial charge in [-0.15, -0.1) is 0 Å². The highest BCUT2D eigenvalue weighted by atomic mass is 16.5. The minimum absolute atomic E-state index is 0.0240. The molecule has 1 aliphatic heterocycles. The summed E-state index contributed by atoms with van der Waals surface area (Å²) < 4.78 is 5.30. The number of aliphatic hydroxyl groups is 1. The van der Waals surface area contributed by atoms with Crippen LogP contribution in [0.5, 0.6) is 0 Å². The number of hydrogen-bond acceptors (Lipinski definition) is 4. The van der Waals surface area contributed by atoms with Crippen molar-refractivity contribution in [1.82, 2.24) is 9.80 Å². The van der Waals surface area contributed by atoms with E-state index in [0.29, 0.717) is 32.3 Å². The van der Waals surface area contributed by atoms with Crippen molar-refractivity contribution in [3.05, 3.63) is 0 Å². The van der Waals surface area contributed by atoms with Gasteiger partial charge in [-0.2, -0.15) is 0 Å². The number of carbonyl (C=O) groups is 1. The Kier molecular flexibility index (Phi) is 5.18. The number of likely N-dealkylation sites (N-methyl/N-ethyl adjacent to an activating group) is 1. The van der Waals surface area contributed by atoms with Gasteiger partial charge in [0.2, 0.25) is 5.91 Å². The van der Waals surface area contributed by atoms with Crippen LogP contribution in [0.3, 0.4) is 0 Å². The average molecular weight is 230 g/mol. The second-order valence-corrected chi connectivity index (χ2v) is 4.52. The summed E-state index contributed by atoms with van der Waals surface area (Å²) in [5.74, 6) is 0.109. The maximum atomic E-state index is 11.9. The van der Waals surface area contributed by atoms with Crippen LogP contribution in [-0.2, 0) is 9.53 Å². The molecule has 16 heavy (non-hydrogen) atoms. The molecule has 0 aliphatic carbocycles. The van der Waals surface area contributed by atoms with Gasteiger partial charge in [0, 0.05) is 19.1 Å². The normalized spacial score (nSPS) is 21.9. The summed E-state index contributed by atoms with van der Waals surface area (Å²) in [6.45, 7) is 6.16. The van der Waals surface area contributed by atoms with Crippen molar-refractivity contribution < 1.29 is 14.6 Å². The first-order valence-electron chi connectivity index (χ1n) is 5.75. The van der Waals surface area contributed by atoms with E-state index in [4.69, 9.17) is 9.84 Å². The van der Waals surface area contributed by atoms with Crippen LogP contribution in [0.4, 0.5) is 0 Å². The Bertz CT molecular complexity index is 233. The molecule has 0 spiro atoms. The summed E-state index contributed by atoms with van der Waals surface area (Å²) in [6.07, 6.45) is -0.220. The van der Waals surface area contributed by atoms with Crippen LogP contribution in [0.15, 0.2) is 0 Å². The third-order valence-electron chi connectivity index (χ3n) is 2.96. The maximum absolute atomic E-state index is 11.9. The van der Waals surface area contributed by atoms with Crippen molar-refractivity contribution in [2.45, 2.75) is 26.0 Å². The maximum Gasteiger partial charge on any atom is 0.236 e. The Morgan fingerprint density at radius 3 is 2.88 bits per heavy atom. The topological polar surface area (TPSA) is 53.0 Å². The van der Waals surface area contributed by atoms with Gasteiger partial charge in [0.15, 0.2) is 0 Å². The van der Waals surface area contributed by atoms with Crippen molar-refractivity contribution in [2.24, 2.45) is 0 Å². The minimum Gasteiger partial charge on any atom is -0.394 e. The van der Waals surface area contributed by atoms with Crippen LogP contribution in [0.1, 0.15) is 13.8 Å². The Morgan fingerprint density at radius 1 is 1.62 bits per heavy atom. The second kappa shape index (κ2) is 6.18. The first kappa shape index (κ1) is 13.4. The number of amides is 1. The predicted molar refractivity (Wildman–Crippen MR) is 61.2 cm³/mol. The van der Waals surface area contributed by atoms with E-state index in [1.807, 2.05) is 11.9 Å². The van der Waals surface area contributed by atoms with E-state index >= 15 is 0 Å². The fraction of sp³-hybridized carbons (Fsp3) is 0.909. The van der Waals surface area contributed by atoms with E-state index in [1.165, 1.54) is 0 Å². The molecule has 0 unspecified atom stereocenters. The number of hydrogen-bond donors (Lipinski definition) is 1. The zero-order chi connectivity index (χ0) is 12.1. The van der Waals surface area contributed by atoms with Crippen molar-refractivity contribution in [3.63, 3.8) is 0 Å². The third kappa shape index (κ3) is 3.73. The molecular weight excluding hydrogens is 208 g/mol. The van der Waals surface area contributed by atoms with Crippen molar-refractivity contribution in [2.75, 3.05) is 39.9 Å². The quantitative estimate of drug-likeness (QED) is 0.710. The zero-order valence-corrected chi connectivity index (χ0v) is 10.3. The summed E-state index contributed by atoms with van der Waals surface area (Å²) in [6, 6.07) is 0.360. The summed E-state index contributed by atoms with van der Waals surface area (Å²) in [5.41, 5.74) is 0. The molecule has 1 saturated heterocycles. The molecule has 0 aromatic rings. The van der Waals surface area contributed by atoms with Gasteiger partial charge in [-0.05, 0) is 20.9 Å². The lowest BCUT2D eigenvalue weighted by atomic mass is 10.2. The van der Waals surface area contributed by atoms with Gasteiger partial charge in [-0.1, -0.05) is 0 Å². The number of carbonyl (C=O) groups excluding carboxylic acids is 1. The molecule has 1 atom stereocenters. The number of nitrogens with zero attached hydrogens (tertiary/aromatic N) is 2. The van der Waals surface area contributed by atoms with Crippen LogP contribution in [0, 0.1) is 0 Å². The lowest BCUT2D eigenvalue weighted by Gasteiger charge is -2.33. The van der Waals surface area contributed by atoms with Crippen molar-refractivity contribution >= 4 is 5.91 Å². The Balaban J connectivity index is 2.41. The van der Waals surface area contributed by atoms with Crippen molar-refractivity contribution in [3.8, 4) is 0 Å². The van der Waals surface area contributed by atoms with Crippen LogP contribution in [0.25, 0.3) is 0 Å². The second-order valence-electron chi connectivity index (χ2n) is 4.52. The molecule has 0 radical (unpaired) electrons. The van der Waals surface area contributed by atoms with E-state index in [9.17, 15) is 4.79 Å². The van der Waals surface area contributed by atoms with Crippen molar-refractivity contribution in [1.29, 1.82) is 0 Å². The van der Waals surface area contributed by atoms with E-state index in [0.717, 1.165) is 0 Å². The van der Waals surface area contributed by atoms with Crippen LogP contribution in [0.2, 0.25) is 0 Å². The SMILES string of the molecule is CC(C)N(C)CC(=O)N1CCO[C@@H](CO)C1. The molecule has 1 aliphatic rings. The highest BCUT2D eigenvalue weighted by Gasteiger charge is 2.24. The van der Waals surface area contributed by atoms with Gasteiger partial charge in [0.1, 0.15) is 0 Å². The summed E-state index contributed by atoms with van der Waals surface area (Å²) in [7, 11) is 1.94. The summed E-state index contributed by atoms with van der Waals surface area (Å²) in [5, 5.41) is 8.99. The Labute approximate surface area is 97.0 Å². The van der Waals surface area contributed by atoms with E-state index in [-0.39, 0.29) is 18.6 Å². The number of aliphatic hydroxyl groups excluding tert-OH is 1. The molecule has 0 bridgehead atoms. The smallest absolute Gasteiger partial charge is 0.236 e. The van der Waals surface area contributed by atoms with E-state index < -0.39 is 0 Å². The molecule has 0 aromatic heterocycles. The molecule has 5 nitrogen and oxygen atoms in total. The van der Waals surface area contributed by atoms with Crippen LogP contribution < -0.4 is 0 Å².